The average molecular weight is 338 g/mol. The third kappa shape index (κ3) is 4.61. The number of rotatable bonds is 6. The van der Waals surface area contributed by atoms with Crippen LogP contribution in [-0.2, 0) is 19.1 Å². The van der Waals surface area contributed by atoms with Gasteiger partial charge in [-0.15, -0.1) is 0 Å². The molecule has 7 heteroatoms. The van der Waals surface area contributed by atoms with Crippen molar-refractivity contribution in [2.45, 2.75) is 77.5 Å². The Labute approximate surface area is 134 Å². The summed E-state index contributed by atoms with van der Waals surface area (Å²) in [5.41, 5.74) is -3.18. The van der Waals surface area contributed by atoms with Crippen molar-refractivity contribution in [2.75, 3.05) is 6.61 Å². The maximum absolute atomic E-state index is 13.0. The molecule has 1 rings (SSSR count). The van der Waals surface area contributed by atoms with Crippen LogP contribution in [0.5, 0.6) is 0 Å². The highest BCUT2D eigenvalue weighted by Gasteiger charge is 2.56. The molecule has 4 nitrogen and oxygen atoms in total. The Kier molecular flexibility index (Phi) is 6.48. The highest BCUT2D eigenvalue weighted by atomic mass is 19.4. The summed E-state index contributed by atoms with van der Waals surface area (Å²) in [5.74, 6) is -2.23. The van der Waals surface area contributed by atoms with Gasteiger partial charge in [-0.25, -0.2) is 4.79 Å². The number of carbonyl (C=O) groups is 2. The van der Waals surface area contributed by atoms with Gasteiger partial charge in [-0.1, -0.05) is 20.3 Å². The molecular weight excluding hydrogens is 313 g/mol. The van der Waals surface area contributed by atoms with Crippen molar-refractivity contribution >= 4 is 11.9 Å². The zero-order valence-electron chi connectivity index (χ0n) is 13.9. The molecule has 23 heavy (non-hydrogen) atoms. The quantitative estimate of drug-likeness (QED) is 0.682. The van der Waals surface area contributed by atoms with Crippen molar-refractivity contribution in [1.29, 1.82) is 0 Å². The van der Waals surface area contributed by atoms with E-state index in [1.54, 1.807) is 0 Å². The topological polar surface area (TPSA) is 52.6 Å². The summed E-state index contributed by atoms with van der Waals surface area (Å²) < 4.78 is 48.8. The van der Waals surface area contributed by atoms with E-state index in [0.717, 1.165) is 39.0 Å². The van der Waals surface area contributed by atoms with Crippen LogP contribution in [0.15, 0.2) is 0 Å². The van der Waals surface area contributed by atoms with E-state index < -0.39 is 42.2 Å². The lowest BCUT2D eigenvalue weighted by atomic mass is 9.83. The zero-order valence-corrected chi connectivity index (χ0v) is 13.9. The highest BCUT2D eigenvalue weighted by Crippen LogP contribution is 2.41. The van der Waals surface area contributed by atoms with E-state index >= 15 is 0 Å². The fourth-order valence-corrected chi connectivity index (χ4v) is 2.74. The molecule has 0 aromatic rings. The Bertz CT molecular complexity index is 428. The van der Waals surface area contributed by atoms with Gasteiger partial charge in [-0.2, -0.15) is 13.2 Å². The van der Waals surface area contributed by atoms with Crippen molar-refractivity contribution in [3.05, 3.63) is 0 Å². The molecule has 1 fully saturated rings. The first kappa shape index (κ1) is 19.8. The lowest BCUT2D eigenvalue weighted by Gasteiger charge is -2.36. The molecule has 0 N–H and O–H groups in total. The summed E-state index contributed by atoms with van der Waals surface area (Å²) >= 11 is 0. The maximum Gasteiger partial charge on any atom is 0.404 e. The average Bonchev–Trinajstić information content (AvgIpc) is 2.51. The normalized spacial score (nSPS) is 20.4. The largest absolute Gasteiger partial charge is 0.457 e. The van der Waals surface area contributed by atoms with Crippen molar-refractivity contribution in [3.8, 4) is 0 Å². The fourth-order valence-electron chi connectivity index (χ4n) is 2.74. The van der Waals surface area contributed by atoms with Crippen LogP contribution in [0.3, 0.4) is 0 Å². The number of ether oxygens (including phenoxy) is 2. The van der Waals surface area contributed by atoms with Gasteiger partial charge >= 0.3 is 18.1 Å². The molecule has 0 heterocycles. The molecule has 1 unspecified atom stereocenters. The second-order valence-electron chi connectivity index (χ2n) is 6.33. The Morgan fingerprint density at radius 3 is 2.09 bits per heavy atom. The van der Waals surface area contributed by atoms with E-state index in [1.807, 2.05) is 6.92 Å². The first-order valence-electron chi connectivity index (χ1n) is 8.06. The monoisotopic (exact) mass is 338 g/mol. The predicted molar refractivity (Wildman–Crippen MR) is 77.6 cm³/mol. The van der Waals surface area contributed by atoms with E-state index in [1.165, 1.54) is 6.92 Å². The Morgan fingerprint density at radius 1 is 1.09 bits per heavy atom. The lowest BCUT2D eigenvalue weighted by Crippen LogP contribution is -2.44. The second kappa shape index (κ2) is 7.53. The minimum atomic E-state index is -4.73. The van der Waals surface area contributed by atoms with Crippen molar-refractivity contribution in [3.63, 3.8) is 0 Å². The molecule has 0 saturated heterocycles. The van der Waals surface area contributed by atoms with Crippen LogP contribution in [0.2, 0.25) is 0 Å². The standard InChI is InChI=1S/C16H25F3O4/c1-4-14(3,16(17,18)19)13(21)22-11-12(20)23-15(5-2)9-7-6-8-10-15/h4-11H2,1-3H3. The summed E-state index contributed by atoms with van der Waals surface area (Å²) in [6.45, 7) is 3.14. The molecule has 0 aliphatic heterocycles. The number of hydrogen-bond acceptors (Lipinski definition) is 4. The van der Waals surface area contributed by atoms with E-state index in [0.29, 0.717) is 6.42 Å². The van der Waals surface area contributed by atoms with Gasteiger partial charge in [0.05, 0.1) is 0 Å². The van der Waals surface area contributed by atoms with Gasteiger partial charge < -0.3 is 9.47 Å². The lowest BCUT2D eigenvalue weighted by molar-refractivity contribution is -0.232. The number of alkyl halides is 3. The molecule has 0 spiro atoms. The number of halogens is 3. The Morgan fingerprint density at radius 2 is 1.65 bits per heavy atom. The van der Waals surface area contributed by atoms with Crippen LogP contribution in [0.4, 0.5) is 13.2 Å². The van der Waals surface area contributed by atoms with Crippen molar-refractivity contribution in [2.24, 2.45) is 5.41 Å². The second-order valence-corrected chi connectivity index (χ2v) is 6.33. The molecule has 0 amide bonds. The van der Waals surface area contributed by atoms with Gasteiger partial charge in [-0.05, 0) is 45.4 Å². The Balaban J connectivity index is 2.60. The summed E-state index contributed by atoms with van der Waals surface area (Å²) in [5, 5.41) is 0. The van der Waals surface area contributed by atoms with Crippen LogP contribution in [0, 0.1) is 5.41 Å². The van der Waals surface area contributed by atoms with Gasteiger partial charge in [0.15, 0.2) is 12.0 Å². The summed E-state index contributed by atoms with van der Waals surface area (Å²) in [4.78, 5) is 23.6. The van der Waals surface area contributed by atoms with Crippen LogP contribution < -0.4 is 0 Å². The van der Waals surface area contributed by atoms with Gasteiger partial charge in [0.1, 0.15) is 5.60 Å². The minimum absolute atomic E-state index is 0.455. The molecule has 0 radical (unpaired) electrons. The summed E-state index contributed by atoms with van der Waals surface area (Å²) in [6, 6.07) is 0. The number of carbonyl (C=O) groups excluding carboxylic acids is 2. The highest BCUT2D eigenvalue weighted by molar-refractivity contribution is 5.81. The van der Waals surface area contributed by atoms with Gasteiger partial charge in [0, 0.05) is 0 Å². The maximum atomic E-state index is 13.0. The molecule has 1 saturated carbocycles. The molecule has 0 bridgehead atoms. The van der Waals surface area contributed by atoms with E-state index in [2.05, 4.69) is 4.74 Å². The number of esters is 2. The molecule has 134 valence electrons. The summed E-state index contributed by atoms with van der Waals surface area (Å²) in [6.07, 6.45) is -0.0980. The first-order chi connectivity index (χ1) is 10.6. The molecule has 0 aromatic carbocycles. The van der Waals surface area contributed by atoms with Crippen LogP contribution in [0.1, 0.15) is 65.7 Å². The van der Waals surface area contributed by atoms with Gasteiger partial charge in [0.25, 0.3) is 0 Å². The van der Waals surface area contributed by atoms with E-state index in [4.69, 9.17) is 4.74 Å². The molecule has 1 aliphatic carbocycles. The SMILES string of the molecule is CCC1(OC(=O)COC(=O)C(C)(CC)C(F)(F)F)CCCCC1. The van der Waals surface area contributed by atoms with E-state index in [9.17, 15) is 22.8 Å². The van der Waals surface area contributed by atoms with Crippen LogP contribution >= 0.6 is 0 Å². The summed E-state index contributed by atoms with van der Waals surface area (Å²) in [7, 11) is 0. The van der Waals surface area contributed by atoms with E-state index in [-0.39, 0.29) is 0 Å². The van der Waals surface area contributed by atoms with Crippen LogP contribution in [-0.4, -0.2) is 30.3 Å². The van der Waals surface area contributed by atoms with Gasteiger partial charge in [-0.3, -0.25) is 4.79 Å². The smallest absolute Gasteiger partial charge is 0.404 e. The Hall–Kier alpha value is -1.27. The molecule has 1 atom stereocenters. The molecular formula is C16H25F3O4. The van der Waals surface area contributed by atoms with Crippen LogP contribution in [0.25, 0.3) is 0 Å². The fraction of sp³-hybridized carbons (Fsp3) is 0.875. The van der Waals surface area contributed by atoms with Crippen molar-refractivity contribution < 1.29 is 32.2 Å². The third-order valence-electron chi connectivity index (χ3n) is 4.84. The molecule has 1 aliphatic rings. The zero-order chi connectivity index (χ0) is 17.7. The first-order valence-corrected chi connectivity index (χ1v) is 8.06. The number of hydrogen-bond donors (Lipinski definition) is 0. The minimum Gasteiger partial charge on any atom is -0.457 e. The third-order valence-corrected chi connectivity index (χ3v) is 4.84. The molecule has 0 aromatic heterocycles. The van der Waals surface area contributed by atoms with Gasteiger partial charge in [0.2, 0.25) is 0 Å². The predicted octanol–water partition coefficient (Wildman–Crippen LogP) is 4.16. The van der Waals surface area contributed by atoms with Crippen molar-refractivity contribution in [1.82, 2.24) is 0 Å².